The molecule has 0 bridgehead atoms. The highest BCUT2D eigenvalue weighted by Gasteiger charge is 2.52. The van der Waals surface area contributed by atoms with Gasteiger partial charge in [-0.15, -0.1) is 0 Å². The van der Waals surface area contributed by atoms with E-state index in [1.165, 1.54) is 19.3 Å². The quantitative estimate of drug-likeness (QED) is 0.299. The molecule has 0 aliphatic carbocycles. The SMILES string of the molecule is CNC(=O)c1cc(Cl)ncc1NC(=O)C1(c2ccccc2C(C)C)CN(c2ccc(P(C)(C)=O)c(N)n2)C1. The lowest BCUT2D eigenvalue weighted by Gasteiger charge is -2.50. The summed E-state index contributed by atoms with van der Waals surface area (Å²) in [5, 5.41) is 6.19. The lowest BCUT2D eigenvalue weighted by molar-refractivity contribution is -0.122. The normalized spacial score (nSPS) is 14.7. The molecule has 2 amide bonds. The van der Waals surface area contributed by atoms with Gasteiger partial charge in [-0.25, -0.2) is 9.97 Å². The number of aromatic nitrogens is 2. The van der Waals surface area contributed by atoms with Crippen molar-refractivity contribution in [3.63, 3.8) is 0 Å². The Labute approximate surface area is 227 Å². The Kier molecular flexibility index (Phi) is 7.55. The molecule has 0 atom stereocenters. The van der Waals surface area contributed by atoms with Gasteiger partial charge in [-0.3, -0.25) is 9.59 Å². The van der Waals surface area contributed by atoms with Gasteiger partial charge in [0.05, 0.1) is 22.8 Å². The van der Waals surface area contributed by atoms with Crippen LogP contribution in [0.3, 0.4) is 0 Å². The van der Waals surface area contributed by atoms with Gasteiger partial charge in [0, 0.05) is 20.1 Å². The van der Waals surface area contributed by atoms with Crippen LogP contribution in [0.1, 0.15) is 41.3 Å². The Bertz CT molecular complexity index is 1450. The first-order valence-corrected chi connectivity index (χ1v) is 15.2. The van der Waals surface area contributed by atoms with Crippen molar-refractivity contribution in [1.82, 2.24) is 15.3 Å². The zero-order valence-electron chi connectivity index (χ0n) is 22.1. The zero-order chi connectivity index (χ0) is 27.8. The molecule has 38 heavy (non-hydrogen) atoms. The zero-order valence-corrected chi connectivity index (χ0v) is 23.7. The van der Waals surface area contributed by atoms with Crippen LogP contribution in [-0.4, -0.2) is 55.2 Å². The largest absolute Gasteiger partial charge is 0.383 e. The minimum absolute atomic E-state index is 0.145. The van der Waals surface area contributed by atoms with Crippen LogP contribution in [0.25, 0.3) is 0 Å². The number of halogens is 1. The van der Waals surface area contributed by atoms with E-state index in [0.29, 0.717) is 24.2 Å². The van der Waals surface area contributed by atoms with Crippen LogP contribution in [0.2, 0.25) is 5.15 Å². The average Bonchev–Trinajstić information content (AvgIpc) is 2.83. The summed E-state index contributed by atoms with van der Waals surface area (Å²) in [7, 11) is -1.07. The number of amides is 2. The summed E-state index contributed by atoms with van der Waals surface area (Å²) in [4.78, 5) is 37.1. The maximum Gasteiger partial charge on any atom is 0.253 e. The lowest BCUT2D eigenvalue weighted by Crippen LogP contribution is -2.66. The molecule has 1 aliphatic rings. The minimum atomic E-state index is -2.58. The summed E-state index contributed by atoms with van der Waals surface area (Å²) in [6.07, 6.45) is 1.39. The highest BCUT2D eigenvalue weighted by molar-refractivity contribution is 7.70. The first kappa shape index (κ1) is 27.6. The summed E-state index contributed by atoms with van der Waals surface area (Å²) in [6.45, 7) is 8.15. The fourth-order valence-electron chi connectivity index (χ4n) is 4.82. The van der Waals surface area contributed by atoms with Crippen molar-refractivity contribution in [2.75, 3.05) is 49.4 Å². The Hall–Kier alpha value is -3.42. The van der Waals surface area contributed by atoms with Gasteiger partial charge in [-0.05, 0) is 48.6 Å². The number of hydrogen-bond acceptors (Lipinski definition) is 7. The van der Waals surface area contributed by atoms with Crippen molar-refractivity contribution in [3.8, 4) is 0 Å². The van der Waals surface area contributed by atoms with Crippen LogP contribution < -0.4 is 26.6 Å². The van der Waals surface area contributed by atoms with Crippen LogP contribution in [0.15, 0.2) is 48.7 Å². The first-order valence-electron chi connectivity index (χ1n) is 12.2. The number of anilines is 3. The number of nitrogens with zero attached hydrogens (tertiary/aromatic N) is 3. The van der Waals surface area contributed by atoms with Crippen molar-refractivity contribution in [1.29, 1.82) is 0 Å². The number of nitrogens with one attached hydrogen (secondary N) is 2. The summed E-state index contributed by atoms with van der Waals surface area (Å²) in [5.74, 6) is 0.347. The molecule has 11 heteroatoms. The van der Waals surface area contributed by atoms with Gasteiger partial charge in [0.25, 0.3) is 5.91 Å². The van der Waals surface area contributed by atoms with Crippen LogP contribution in [0.4, 0.5) is 17.3 Å². The predicted molar refractivity (Wildman–Crippen MR) is 153 cm³/mol. The molecule has 0 unspecified atom stereocenters. The fraction of sp³-hybridized carbons (Fsp3) is 0.333. The molecule has 3 aromatic rings. The van der Waals surface area contributed by atoms with Gasteiger partial charge >= 0.3 is 0 Å². The lowest BCUT2D eigenvalue weighted by atomic mass is 9.69. The van der Waals surface area contributed by atoms with E-state index in [9.17, 15) is 14.2 Å². The molecule has 4 N–H and O–H groups in total. The molecule has 1 aliphatic heterocycles. The molecular formula is C27H32ClN6O3P. The van der Waals surface area contributed by atoms with Gasteiger partial charge in [0.15, 0.2) is 0 Å². The predicted octanol–water partition coefficient (Wildman–Crippen LogP) is 3.84. The Morgan fingerprint density at radius 1 is 1.16 bits per heavy atom. The second-order valence-corrected chi connectivity index (χ2v) is 13.8. The Balaban J connectivity index is 1.73. The third-order valence-corrected chi connectivity index (χ3v) is 8.58. The van der Waals surface area contributed by atoms with E-state index in [2.05, 4.69) is 34.4 Å². The van der Waals surface area contributed by atoms with E-state index in [-0.39, 0.29) is 40.0 Å². The molecule has 0 saturated carbocycles. The number of hydrogen-bond donors (Lipinski definition) is 3. The van der Waals surface area contributed by atoms with E-state index in [1.54, 1.807) is 25.5 Å². The molecule has 0 spiro atoms. The molecule has 0 radical (unpaired) electrons. The average molecular weight is 555 g/mol. The highest BCUT2D eigenvalue weighted by Crippen LogP contribution is 2.43. The molecule has 2 aromatic heterocycles. The van der Waals surface area contributed by atoms with E-state index >= 15 is 0 Å². The third-order valence-electron chi connectivity index (χ3n) is 6.84. The van der Waals surface area contributed by atoms with E-state index in [4.69, 9.17) is 17.3 Å². The molecule has 1 fully saturated rings. The molecule has 3 heterocycles. The second kappa shape index (κ2) is 10.4. The van der Waals surface area contributed by atoms with Crippen molar-refractivity contribution in [2.45, 2.75) is 25.2 Å². The number of carbonyl (C=O) groups excluding carboxylic acids is 2. The number of carbonyl (C=O) groups is 2. The smallest absolute Gasteiger partial charge is 0.253 e. The first-order chi connectivity index (χ1) is 17.9. The van der Waals surface area contributed by atoms with Gasteiger partial charge in [0.1, 0.15) is 29.3 Å². The van der Waals surface area contributed by atoms with E-state index in [1.807, 2.05) is 29.2 Å². The van der Waals surface area contributed by atoms with Crippen molar-refractivity contribution in [2.24, 2.45) is 0 Å². The summed E-state index contributed by atoms with van der Waals surface area (Å²) in [5.41, 5.74) is 7.68. The summed E-state index contributed by atoms with van der Waals surface area (Å²) < 4.78 is 12.5. The monoisotopic (exact) mass is 554 g/mol. The van der Waals surface area contributed by atoms with E-state index < -0.39 is 12.6 Å². The summed E-state index contributed by atoms with van der Waals surface area (Å²) in [6, 6.07) is 12.8. The molecule has 1 saturated heterocycles. The van der Waals surface area contributed by atoms with Gasteiger partial charge in [-0.2, -0.15) is 0 Å². The molecule has 200 valence electrons. The standard InChI is InChI=1S/C27H32ClN6O3P/c1-16(2)17-8-6-7-9-19(17)27(26(36)32-20-13-31-22(28)12-18(20)25(35)30-3)14-34(15-27)23-11-10-21(24(29)33-23)38(4,5)37/h6-13,16H,14-15H2,1-5H3,(H2,29,33)(H,30,35)(H,32,36). The third kappa shape index (κ3) is 5.13. The Morgan fingerprint density at radius 3 is 2.45 bits per heavy atom. The molecule has 9 nitrogen and oxygen atoms in total. The maximum atomic E-state index is 14.1. The van der Waals surface area contributed by atoms with Crippen LogP contribution in [0, 0.1) is 0 Å². The van der Waals surface area contributed by atoms with Crippen molar-refractivity contribution in [3.05, 3.63) is 70.5 Å². The number of rotatable bonds is 7. The van der Waals surface area contributed by atoms with Crippen molar-refractivity contribution < 1.29 is 14.2 Å². The van der Waals surface area contributed by atoms with Gasteiger partial charge in [0.2, 0.25) is 5.91 Å². The number of nitrogen functional groups attached to an aromatic ring is 1. The summed E-state index contributed by atoms with van der Waals surface area (Å²) >= 11 is 6.03. The minimum Gasteiger partial charge on any atom is -0.383 e. The highest BCUT2D eigenvalue weighted by atomic mass is 35.5. The van der Waals surface area contributed by atoms with Gasteiger partial charge in [-0.1, -0.05) is 49.7 Å². The topological polar surface area (TPSA) is 130 Å². The van der Waals surface area contributed by atoms with E-state index in [0.717, 1.165) is 11.1 Å². The molecule has 4 rings (SSSR count). The van der Waals surface area contributed by atoms with Crippen LogP contribution in [0.5, 0.6) is 0 Å². The van der Waals surface area contributed by atoms with Crippen molar-refractivity contribution >= 4 is 53.2 Å². The fourth-order valence-corrected chi connectivity index (χ4v) is 6.02. The van der Waals surface area contributed by atoms with Crippen LogP contribution in [-0.2, 0) is 14.8 Å². The second-order valence-electron chi connectivity index (χ2n) is 10.2. The maximum absolute atomic E-state index is 14.1. The molecular weight excluding hydrogens is 523 g/mol. The molecule has 1 aromatic carbocycles. The Morgan fingerprint density at radius 2 is 1.84 bits per heavy atom. The number of nitrogens with two attached hydrogens (primary N) is 1. The number of benzene rings is 1. The van der Waals surface area contributed by atoms with Crippen LogP contribution >= 0.6 is 18.7 Å². The number of pyridine rings is 2. The van der Waals surface area contributed by atoms with Gasteiger partial charge < -0.3 is 25.8 Å².